The Morgan fingerprint density at radius 2 is 0.821 bits per heavy atom. The highest BCUT2D eigenvalue weighted by Crippen LogP contribution is 2.51. The molecule has 0 amide bonds. The number of aliphatic hydroxyl groups is 3. The molecule has 0 aliphatic heterocycles. The monoisotopic (exact) mass is 1880 g/mol. The van der Waals surface area contributed by atoms with Crippen LogP contribution < -0.4 is 0 Å². The number of thiophene rings is 1. The van der Waals surface area contributed by atoms with Crippen LogP contribution in [-0.2, 0) is 30.3 Å². The molecule has 4 atom stereocenters. The largest absolute Gasteiger partial charge is 0.477 e. The summed E-state index contributed by atoms with van der Waals surface area (Å²) in [6.07, 6.45) is 103. The Morgan fingerprint density at radius 1 is 0.455 bits per heavy atom. The summed E-state index contributed by atoms with van der Waals surface area (Å²) in [5, 5.41) is 38.6. The van der Waals surface area contributed by atoms with Gasteiger partial charge in [-0.05, 0) is 250 Å². The number of carboxylic acid groups (broad SMARTS) is 1. The van der Waals surface area contributed by atoms with Crippen LogP contribution in [-0.4, -0.2) is 88.0 Å². The third-order valence-electron chi connectivity index (χ3n) is 32.1. The van der Waals surface area contributed by atoms with Gasteiger partial charge in [0.2, 0.25) is 0 Å². The van der Waals surface area contributed by atoms with E-state index in [1.807, 2.05) is 6.07 Å². The minimum Gasteiger partial charge on any atom is -0.477 e. The number of rotatable bonds is 47. The maximum Gasteiger partial charge on any atom is 0.345 e. The van der Waals surface area contributed by atoms with Gasteiger partial charge in [-0.15, -0.1) is 29.5 Å². The number of methoxy groups -OCH3 is 1. The van der Waals surface area contributed by atoms with Crippen LogP contribution in [0.15, 0.2) is 24.8 Å². The third kappa shape index (κ3) is 48.1. The van der Waals surface area contributed by atoms with Crippen LogP contribution in [0.5, 0.6) is 0 Å². The van der Waals surface area contributed by atoms with Crippen molar-refractivity contribution < 1.29 is 49.1 Å². The fourth-order valence-corrected chi connectivity index (χ4v) is 26.3. The smallest absolute Gasteiger partial charge is 0.345 e. The minimum absolute atomic E-state index is 0.0142. The number of aliphatic hydroxyl groups excluding tert-OH is 3. The fraction of sp³-hybridized carbons (Fsp3) is 0.909. The first-order valence-electron chi connectivity index (χ1n) is 53.4. The second kappa shape index (κ2) is 71.1. The average Bonchev–Trinajstić information content (AvgIpc) is 1.65. The van der Waals surface area contributed by atoms with Crippen LogP contribution in [0.1, 0.15) is 545 Å². The Kier molecular flexibility index (Phi) is 66.8. The summed E-state index contributed by atoms with van der Waals surface area (Å²) in [5.74, 6) is 0.0577. The third-order valence-corrected chi connectivity index (χ3v) is 34.3. The number of aryl methyl sites for hydroxylation is 1. The summed E-state index contributed by atoms with van der Waals surface area (Å²) in [4.78, 5) is 45.0. The van der Waals surface area contributed by atoms with Gasteiger partial charge in [0.1, 0.15) is 11.2 Å². The first-order chi connectivity index (χ1) is 59.8. The number of halogens is 2. The van der Waals surface area contributed by atoms with Crippen molar-refractivity contribution in [3.63, 3.8) is 0 Å². The van der Waals surface area contributed by atoms with Crippen molar-refractivity contribution in [2.45, 2.75) is 548 Å². The number of carboxylic acids is 1. The minimum atomic E-state index is -0.841. The summed E-state index contributed by atoms with van der Waals surface area (Å²) in [7, 11) is 1.47. The number of aldehydes is 1. The van der Waals surface area contributed by atoms with E-state index in [-0.39, 0.29) is 28.8 Å². The molecule has 9 aliphatic rings. The van der Waals surface area contributed by atoms with Gasteiger partial charge in [-0.3, -0.25) is 9.59 Å². The van der Waals surface area contributed by atoms with E-state index in [9.17, 15) is 29.4 Å². The zero-order valence-electron chi connectivity index (χ0n) is 82.0. The summed E-state index contributed by atoms with van der Waals surface area (Å²) < 4.78 is 11.0. The molecule has 13 heteroatoms. The topological polar surface area (TPSA) is 168 Å². The molecule has 1 aromatic rings. The van der Waals surface area contributed by atoms with E-state index in [0.717, 1.165) is 80.9 Å². The van der Waals surface area contributed by atoms with E-state index < -0.39 is 5.97 Å². The first kappa shape index (κ1) is 116. The van der Waals surface area contributed by atoms with Gasteiger partial charge in [0, 0.05) is 38.7 Å². The molecule has 720 valence electrons. The lowest BCUT2D eigenvalue weighted by Crippen LogP contribution is -2.29. The van der Waals surface area contributed by atoms with Crippen molar-refractivity contribution in [1.82, 2.24) is 0 Å². The molecule has 0 bridgehead atoms. The van der Waals surface area contributed by atoms with Gasteiger partial charge in [0.25, 0.3) is 6.47 Å². The highest BCUT2D eigenvalue weighted by molar-refractivity contribution is 14.1. The summed E-state index contributed by atoms with van der Waals surface area (Å²) in [6, 6.07) is 3.65. The van der Waals surface area contributed by atoms with Gasteiger partial charge in [0.05, 0.1) is 25.7 Å². The van der Waals surface area contributed by atoms with Crippen molar-refractivity contribution in [3.8, 4) is 0 Å². The normalized spacial score (nSPS) is 22.7. The lowest BCUT2D eigenvalue weighted by molar-refractivity contribution is -0.146. The first-order valence-corrected chi connectivity index (χ1v) is 56.2. The molecule has 10 nitrogen and oxygen atoms in total. The SMILES string of the molecule is C=CC1(CCCCC)CCCCC1.CCCCCC1(C=O)CCCCC1.CCCCCC1(CCC2[C@H](O)C[C@@H](Cl)[C@@H]2CCCc2ccc(C(=O)O)s2)CCCCC1.CCCCCC1(CCI)CCCCC1.CCCCCC1(CCO)CCCCC1.CCCCCC1(CO)CCCCC1.CCCCCC1(COC=O)CCCCC1.COC(=O)C1CCCCC1. The van der Waals surface area contributed by atoms with Gasteiger partial charge in [-0.25, -0.2) is 4.79 Å². The number of esters is 1. The van der Waals surface area contributed by atoms with E-state index in [2.05, 4.69) is 88.4 Å². The zero-order valence-corrected chi connectivity index (χ0v) is 85.7. The number of hydrogen-bond donors (Lipinski definition) is 4. The molecule has 9 aliphatic carbocycles. The summed E-state index contributed by atoms with van der Waals surface area (Å²) >= 11 is 10.7. The number of hydrogen-bond acceptors (Lipinski definition) is 10. The van der Waals surface area contributed by atoms with E-state index in [4.69, 9.17) is 26.6 Å². The number of allylic oxidation sites excluding steroid dienone is 1. The standard InChI is InChI=1S/C26H41ClO3S.C13H25I.C13H24O2.C13H26O.C13H24.C12H24O.C12H22O.C8H14O2/c1-2-3-5-14-26(15-6-4-7-16-26)17-13-21-20(22(27)18-23(21)28)10-8-9-19-11-12-24(31-19)25(29)30;1-2-3-5-8-13(11-12-14)9-6-4-7-10-13;1-2-3-5-8-13(11-15-12-14)9-6-4-7-10-13;1-2-3-5-8-13(11-12-14)9-6-4-7-10-13;1-3-5-7-10-13(4-2)11-8-6-9-12-13;2*1-2-3-5-8-12(11-13)9-6-4-7-10-12;1-10-8(9)7-5-3-2-4-6-7/h11-12,20-23,28H,2-10,13-18H2,1H3,(H,29,30);2-12H2,1H3;12H,2-11H2,1H3;14H,2-12H2,1H3;4H,2-3,5-12H2,1H3;13H,2-11H2,1H3;11H,2-10H2,1H3;7H,2-6H2,1H3/t20-,21?,22-,23-;;;;;;;/m1......./s1. The van der Waals surface area contributed by atoms with E-state index in [1.165, 1.54) is 447 Å². The lowest BCUT2D eigenvalue weighted by atomic mass is 9.66. The molecule has 0 spiro atoms. The van der Waals surface area contributed by atoms with Crippen molar-refractivity contribution in [3.05, 3.63) is 34.5 Å². The number of unbranched alkanes of at least 4 members (excludes halogenated alkanes) is 14. The number of alkyl halides is 2. The second-order valence-electron chi connectivity index (χ2n) is 41.7. The molecule has 9 fully saturated rings. The van der Waals surface area contributed by atoms with Gasteiger partial charge in [-0.2, -0.15) is 0 Å². The maximum absolute atomic E-state index is 11.1. The van der Waals surface area contributed by atoms with Crippen LogP contribution in [0.25, 0.3) is 0 Å². The van der Waals surface area contributed by atoms with Gasteiger partial charge in [-0.1, -0.05) is 366 Å². The number of carbonyl (C=O) groups excluding carboxylic acids is 3. The summed E-state index contributed by atoms with van der Waals surface area (Å²) in [5.41, 5.74) is 3.09. The Morgan fingerprint density at radius 3 is 1.20 bits per heavy atom. The zero-order chi connectivity index (χ0) is 89.9. The average molecular weight is 1880 g/mol. The van der Waals surface area contributed by atoms with Gasteiger partial charge >= 0.3 is 11.9 Å². The van der Waals surface area contributed by atoms with Gasteiger partial charge < -0.3 is 34.7 Å². The second-order valence-corrected chi connectivity index (χ2v) is 44.5. The molecule has 1 aromatic heterocycles. The van der Waals surface area contributed by atoms with Crippen molar-refractivity contribution in [2.24, 2.45) is 55.7 Å². The molecule has 0 saturated heterocycles. The van der Waals surface area contributed by atoms with Crippen LogP contribution in [0.4, 0.5) is 0 Å². The Balaban J connectivity index is 0.000000374. The Hall–Kier alpha value is -1.58. The maximum atomic E-state index is 11.1. The van der Waals surface area contributed by atoms with Crippen molar-refractivity contribution in [2.75, 3.05) is 31.4 Å². The fourth-order valence-electron chi connectivity index (χ4n) is 23.7. The van der Waals surface area contributed by atoms with Crippen LogP contribution in [0.2, 0.25) is 0 Å². The molecular weight excluding hydrogens is 1680 g/mol. The molecule has 0 radical (unpaired) electrons. The van der Waals surface area contributed by atoms with Gasteiger partial charge in [0.15, 0.2) is 0 Å². The quantitative estimate of drug-likeness (QED) is 0.0123. The molecule has 10 rings (SSSR count). The van der Waals surface area contributed by atoms with Crippen molar-refractivity contribution in [1.29, 1.82) is 0 Å². The molecule has 4 N–H and O–H groups in total. The Bertz CT molecular complexity index is 2590. The van der Waals surface area contributed by atoms with E-state index >= 15 is 0 Å². The number of ether oxygens (including phenoxy) is 2. The van der Waals surface area contributed by atoms with Crippen LogP contribution in [0, 0.1) is 55.7 Å². The summed E-state index contributed by atoms with van der Waals surface area (Å²) in [6.45, 7) is 21.9. The predicted molar refractivity (Wildman–Crippen MR) is 537 cm³/mol. The molecule has 123 heavy (non-hydrogen) atoms. The highest BCUT2D eigenvalue weighted by Gasteiger charge is 2.44. The lowest BCUT2D eigenvalue weighted by Gasteiger charge is -2.39. The molecule has 0 aromatic carbocycles. The van der Waals surface area contributed by atoms with Crippen LogP contribution in [0.3, 0.4) is 0 Å². The Labute approximate surface area is 783 Å². The molecular formula is C110H200ClIO10S. The molecule has 1 unspecified atom stereocenters. The molecule has 9 saturated carbocycles. The molecule has 1 heterocycles. The number of carbonyl (C=O) groups is 4. The van der Waals surface area contributed by atoms with E-state index in [1.54, 1.807) is 6.07 Å². The van der Waals surface area contributed by atoms with Crippen LogP contribution >= 0.6 is 45.5 Å². The van der Waals surface area contributed by atoms with Crippen molar-refractivity contribution >= 4 is 70.2 Å². The van der Waals surface area contributed by atoms with E-state index in [0.29, 0.717) is 70.1 Å². The highest BCUT2D eigenvalue weighted by atomic mass is 127. The predicted octanol–water partition coefficient (Wildman–Crippen LogP) is 34.3. The number of aromatic carboxylic acids is 1.